The molecule has 0 unspecified atom stereocenters. The molecule has 0 atom stereocenters. The van der Waals surface area contributed by atoms with Crippen LogP contribution in [-0.2, 0) is 9.53 Å². The fourth-order valence-electron chi connectivity index (χ4n) is 0.982. The number of carbonyl (C=O) groups excluding carboxylic acids is 1. The van der Waals surface area contributed by atoms with Gasteiger partial charge in [0.05, 0.1) is 19.9 Å². The van der Waals surface area contributed by atoms with Crippen LogP contribution in [-0.4, -0.2) is 43.8 Å². The number of nitrogens with zero attached hydrogens (tertiary/aromatic N) is 1. The van der Waals surface area contributed by atoms with E-state index in [-0.39, 0.29) is 5.91 Å². The van der Waals surface area contributed by atoms with Gasteiger partial charge in [-0.25, -0.2) is 0 Å². The van der Waals surface area contributed by atoms with Gasteiger partial charge in [-0.1, -0.05) is 0 Å². The summed E-state index contributed by atoms with van der Waals surface area (Å²) < 4.78 is 5.15. The minimum absolute atomic E-state index is 0.0245. The van der Waals surface area contributed by atoms with Crippen molar-refractivity contribution >= 4 is 5.91 Å². The lowest BCUT2D eigenvalue weighted by Crippen LogP contribution is -2.43. The third-order valence-corrected chi connectivity index (χ3v) is 1.66. The number of carbonyl (C=O) groups is 1. The Morgan fingerprint density at radius 1 is 1.55 bits per heavy atom. The van der Waals surface area contributed by atoms with Gasteiger partial charge in [-0.15, -0.1) is 0 Å². The van der Waals surface area contributed by atoms with Crippen molar-refractivity contribution < 1.29 is 9.53 Å². The molecule has 4 nitrogen and oxygen atoms in total. The zero-order valence-electron chi connectivity index (χ0n) is 6.80. The van der Waals surface area contributed by atoms with Gasteiger partial charge in [-0.2, -0.15) is 0 Å². The Morgan fingerprint density at radius 2 is 2.18 bits per heavy atom. The third kappa shape index (κ3) is 3.34. The number of hydrogen-bond donors (Lipinski definition) is 1. The number of morpholine rings is 1. The van der Waals surface area contributed by atoms with E-state index in [4.69, 9.17) is 4.74 Å². The fourth-order valence-corrected chi connectivity index (χ4v) is 0.982. The number of amides is 1. The van der Waals surface area contributed by atoms with Crippen LogP contribution in [0.4, 0.5) is 0 Å². The topological polar surface area (TPSA) is 41.6 Å². The summed E-state index contributed by atoms with van der Waals surface area (Å²) in [6, 6.07) is 0. The minimum Gasteiger partial charge on any atom is -0.379 e. The molecular formula is C7H14N2O2. The van der Waals surface area contributed by atoms with Gasteiger partial charge in [0.2, 0.25) is 5.91 Å². The summed E-state index contributed by atoms with van der Waals surface area (Å²) in [6.07, 6.45) is 0. The highest BCUT2D eigenvalue weighted by Crippen LogP contribution is 1.93. The average molecular weight is 158 g/mol. The maximum absolute atomic E-state index is 10.5. The molecule has 0 saturated carbocycles. The third-order valence-electron chi connectivity index (χ3n) is 1.66. The molecule has 1 aliphatic rings. The largest absolute Gasteiger partial charge is 0.379 e. The van der Waals surface area contributed by atoms with Crippen molar-refractivity contribution in [1.82, 2.24) is 10.2 Å². The van der Waals surface area contributed by atoms with Crippen LogP contribution in [0.1, 0.15) is 6.92 Å². The van der Waals surface area contributed by atoms with E-state index in [1.165, 1.54) is 6.92 Å². The quantitative estimate of drug-likeness (QED) is 0.584. The first-order valence-corrected chi connectivity index (χ1v) is 3.83. The minimum atomic E-state index is 0.0245. The highest BCUT2D eigenvalue weighted by atomic mass is 16.5. The Kier molecular flexibility index (Phi) is 3.32. The van der Waals surface area contributed by atoms with Crippen molar-refractivity contribution in [2.24, 2.45) is 0 Å². The molecule has 0 spiro atoms. The van der Waals surface area contributed by atoms with Crippen molar-refractivity contribution in [2.75, 3.05) is 33.0 Å². The lowest BCUT2D eigenvalue weighted by molar-refractivity contribution is -0.120. The average Bonchev–Trinajstić information content (AvgIpc) is 2.03. The van der Waals surface area contributed by atoms with Crippen molar-refractivity contribution in [2.45, 2.75) is 6.92 Å². The predicted octanol–water partition coefficient (Wildman–Crippen LogP) is -0.588. The molecule has 0 aliphatic carbocycles. The van der Waals surface area contributed by atoms with E-state index in [0.717, 1.165) is 26.3 Å². The second-order valence-electron chi connectivity index (χ2n) is 2.62. The van der Waals surface area contributed by atoms with Gasteiger partial charge in [-0.3, -0.25) is 9.69 Å². The SMILES string of the molecule is CC(=O)NCN1CCOCC1. The van der Waals surface area contributed by atoms with E-state index >= 15 is 0 Å². The highest BCUT2D eigenvalue weighted by molar-refractivity contribution is 5.72. The monoisotopic (exact) mass is 158 g/mol. The molecule has 1 heterocycles. The first-order chi connectivity index (χ1) is 5.29. The van der Waals surface area contributed by atoms with Crippen molar-refractivity contribution in [3.05, 3.63) is 0 Å². The van der Waals surface area contributed by atoms with Crippen LogP contribution in [0.2, 0.25) is 0 Å². The molecule has 1 N–H and O–H groups in total. The summed E-state index contributed by atoms with van der Waals surface area (Å²) in [6.45, 7) is 5.57. The smallest absolute Gasteiger partial charge is 0.217 e. The standard InChI is InChI=1S/C7H14N2O2/c1-7(10)8-6-9-2-4-11-5-3-9/h2-6H2,1H3,(H,8,10). The summed E-state index contributed by atoms with van der Waals surface area (Å²) >= 11 is 0. The normalized spacial score (nSPS) is 19.7. The second-order valence-corrected chi connectivity index (χ2v) is 2.62. The Balaban J connectivity index is 2.09. The number of rotatable bonds is 2. The van der Waals surface area contributed by atoms with Crippen molar-refractivity contribution in [1.29, 1.82) is 0 Å². The summed E-state index contributed by atoms with van der Waals surface area (Å²) in [5.41, 5.74) is 0. The van der Waals surface area contributed by atoms with Crippen LogP contribution in [0.25, 0.3) is 0 Å². The molecule has 1 saturated heterocycles. The molecule has 0 aromatic rings. The first-order valence-electron chi connectivity index (χ1n) is 3.83. The molecule has 1 amide bonds. The molecule has 0 aromatic carbocycles. The van der Waals surface area contributed by atoms with E-state index < -0.39 is 0 Å². The number of ether oxygens (including phenoxy) is 1. The lowest BCUT2D eigenvalue weighted by atomic mass is 10.4. The Morgan fingerprint density at radius 3 is 2.73 bits per heavy atom. The zero-order chi connectivity index (χ0) is 8.10. The molecule has 1 aliphatic heterocycles. The summed E-state index contributed by atoms with van der Waals surface area (Å²) in [5, 5.41) is 2.75. The van der Waals surface area contributed by atoms with E-state index in [0.29, 0.717) is 6.67 Å². The molecule has 0 aromatic heterocycles. The van der Waals surface area contributed by atoms with Crippen LogP contribution in [0.3, 0.4) is 0 Å². The van der Waals surface area contributed by atoms with E-state index in [1.54, 1.807) is 0 Å². The molecule has 4 heteroatoms. The van der Waals surface area contributed by atoms with Gasteiger partial charge in [-0.05, 0) is 0 Å². The molecule has 11 heavy (non-hydrogen) atoms. The number of nitrogens with one attached hydrogen (secondary N) is 1. The first kappa shape index (κ1) is 8.49. The van der Waals surface area contributed by atoms with Gasteiger partial charge in [0, 0.05) is 20.0 Å². The molecule has 0 bridgehead atoms. The highest BCUT2D eigenvalue weighted by Gasteiger charge is 2.09. The van der Waals surface area contributed by atoms with Crippen LogP contribution in [0.5, 0.6) is 0 Å². The van der Waals surface area contributed by atoms with Gasteiger partial charge in [0.25, 0.3) is 0 Å². The summed E-state index contributed by atoms with van der Waals surface area (Å²) in [5.74, 6) is 0.0245. The molecular weight excluding hydrogens is 144 g/mol. The van der Waals surface area contributed by atoms with Gasteiger partial charge in [0.1, 0.15) is 0 Å². The molecule has 1 rings (SSSR count). The summed E-state index contributed by atoms with van der Waals surface area (Å²) in [7, 11) is 0. The Bertz CT molecular complexity index is 132. The van der Waals surface area contributed by atoms with Crippen LogP contribution < -0.4 is 5.32 Å². The van der Waals surface area contributed by atoms with E-state index in [9.17, 15) is 4.79 Å². The van der Waals surface area contributed by atoms with E-state index in [1.807, 2.05) is 0 Å². The predicted molar refractivity (Wildman–Crippen MR) is 41.1 cm³/mol. The second kappa shape index (κ2) is 4.31. The maximum atomic E-state index is 10.5. The van der Waals surface area contributed by atoms with Gasteiger partial charge in [0.15, 0.2) is 0 Å². The van der Waals surface area contributed by atoms with Gasteiger partial charge < -0.3 is 10.1 Å². The zero-order valence-corrected chi connectivity index (χ0v) is 6.80. The molecule has 64 valence electrons. The fraction of sp³-hybridized carbons (Fsp3) is 0.857. The van der Waals surface area contributed by atoms with Crippen molar-refractivity contribution in [3.63, 3.8) is 0 Å². The Hall–Kier alpha value is -0.610. The van der Waals surface area contributed by atoms with Crippen LogP contribution in [0, 0.1) is 0 Å². The van der Waals surface area contributed by atoms with Crippen molar-refractivity contribution in [3.8, 4) is 0 Å². The lowest BCUT2D eigenvalue weighted by Gasteiger charge is -2.26. The molecule has 1 fully saturated rings. The molecule has 0 radical (unpaired) electrons. The number of hydrogen-bond acceptors (Lipinski definition) is 3. The van der Waals surface area contributed by atoms with Crippen LogP contribution >= 0.6 is 0 Å². The summed E-state index contributed by atoms with van der Waals surface area (Å²) in [4.78, 5) is 12.7. The van der Waals surface area contributed by atoms with Gasteiger partial charge >= 0.3 is 0 Å². The maximum Gasteiger partial charge on any atom is 0.217 e. The van der Waals surface area contributed by atoms with E-state index in [2.05, 4.69) is 10.2 Å². The van der Waals surface area contributed by atoms with Crippen LogP contribution in [0.15, 0.2) is 0 Å². The Labute approximate surface area is 66.5 Å².